The zero-order valence-corrected chi connectivity index (χ0v) is 11.2. The molecule has 1 N–H and O–H groups in total. The van der Waals surface area contributed by atoms with Crippen molar-refractivity contribution in [1.82, 2.24) is 0 Å². The van der Waals surface area contributed by atoms with E-state index < -0.39 is 9.84 Å². The van der Waals surface area contributed by atoms with Gasteiger partial charge in [-0.15, -0.1) is 0 Å². The molecule has 0 unspecified atom stereocenters. The Morgan fingerprint density at radius 3 is 2.29 bits per heavy atom. The van der Waals surface area contributed by atoms with Crippen molar-refractivity contribution in [3.8, 4) is 0 Å². The van der Waals surface area contributed by atoms with Gasteiger partial charge < -0.3 is 5.32 Å². The first kappa shape index (κ1) is 12.4. The lowest BCUT2D eigenvalue weighted by molar-refractivity contribution is 0.595. The van der Waals surface area contributed by atoms with Gasteiger partial charge in [-0.25, -0.2) is 8.42 Å². The second kappa shape index (κ2) is 4.33. The number of hydrogen-bond donors (Lipinski definition) is 1. The number of rotatable bonds is 5. The number of benzene rings is 1. The van der Waals surface area contributed by atoms with Crippen molar-refractivity contribution in [1.29, 1.82) is 0 Å². The Bertz CT molecular complexity index is 487. The van der Waals surface area contributed by atoms with Crippen molar-refractivity contribution in [2.75, 3.05) is 11.1 Å². The summed E-state index contributed by atoms with van der Waals surface area (Å²) in [5, 5.41) is 3.41. The monoisotopic (exact) mass is 253 g/mol. The van der Waals surface area contributed by atoms with Crippen molar-refractivity contribution in [3.05, 3.63) is 24.3 Å². The number of hydrogen-bond acceptors (Lipinski definition) is 3. The summed E-state index contributed by atoms with van der Waals surface area (Å²) in [5.74, 6) is 0.220. The second-order valence-electron chi connectivity index (χ2n) is 5.03. The predicted octanol–water partition coefficient (Wildman–Crippen LogP) is 2.83. The second-order valence-corrected chi connectivity index (χ2v) is 7.14. The molecule has 1 aromatic rings. The lowest BCUT2D eigenvalue weighted by Crippen LogP contribution is -2.15. The maximum atomic E-state index is 11.8. The summed E-state index contributed by atoms with van der Waals surface area (Å²) in [6.45, 7) is 4.05. The zero-order valence-electron chi connectivity index (χ0n) is 10.4. The molecular weight excluding hydrogens is 234 g/mol. The van der Waals surface area contributed by atoms with Crippen LogP contribution >= 0.6 is 0 Å². The standard InChI is InChI=1S/C13H19NO2S/c1-3-10-17(15,16)12-6-4-11(5-7-12)14-13(2)8-9-13/h4-7,14H,3,8-10H2,1-2H3. The highest BCUT2D eigenvalue weighted by atomic mass is 32.2. The lowest BCUT2D eigenvalue weighted by atomic mass is 10.2. The van der Waals surface area contributed by atoms with E-state index >= 15 is 0 Å². The topological polar surface area (TPSA) is 46.2 Å². The molecule has 0 aromatic heterocycles. The van der Waals surface area contributed by atoms with Crippen LogP contribution in [0.3, 0.4) is 0 Å². The fraction of sp³-hybridized carbons (Fsp3) is 0.538. The van der Waals surface area contributed by atoms with Gasteiger partial charge in [-0.2, -0.15) is 0 Å². The third-order valence-electron chi connectivity index (χ3n) is 3.13. The smallest absolute Gasteiger partial charge is 0.178 e. The zero-order chi connectivity index (χ0) is 12.5. The molecule has 1 aliphatic rings. The van der Waals surface area contributed by atoms with Crippen LogP contribution in [-0.2, 0) is 9.84 Å². The van der Waals surface area contributed by atoms with Crippen molar-refractivity contribution < 1.29 is 8.42 Å². The summed E-state index contributed by atoms with van der Waals surface area (Å²) in [4.78, 5) is 0.422. The van der Waals surface area contributed by atoms with Gasteiger partial charge in [0.1, 0.15) is 0 Å². The molecule has 1 aromatic carbocycles. The molecule has 0 radical (unpaired) electrons. The van der Waals surface area contributed by atoms with E-state index in [2.05, 4.69) is 12.2 Å². The van der Waals surface area contributed by atoms with Crippen LogP contribution < -0.4 is 5.32 Å². The van der Waals surface area contributed by atoms with Crippen molar-refractivity contribution in [2.45, 2.75) is 43.5 Å². The summed E-state index contributed by atoms with van der Waals surface area (Å²) in [7, 11) is -3.08. The van der Waals surface area contributed by atoms with E-state index in [0.29, 0.717) is 11.3 Å². The minimum Gasteiger partial charge on any atom is -0.380 e. The minimum absolute atomic E-state index is 0.220. The summed E-state index contributed by atoms with van der Waals surface area (Å²) in [6.07, 6.45) is 3.02. The van der Waals surface area contributed by atoms with Crippen molar-refractivity contribution in [2.24, 2.45) is 0 Å². The van der Waals surface area contributed by atoms with Crippen LogP contribution in [0.25, 0.3) is 0 Å². The molecular formula is C13H19NO2S. The van der Waals surface area contributed by atoms with Gasteiger partial charge in [-0.05, 0) is 50.5 Å². The Balaban J connectivity index is 2.12. The molecule has 94 valence electrons. The predicted molar refractivity (Wildman–Crippen MR) is 70.0 cm³/mol. The third kappa shape index (κ3) is 3.00. The molecule has 0 bridgehead atoms. The van der Waals surface area contributed by atoms with Crippen LogP contribution in [0.2, 0.25) is 0 Å². The summed E-state index contributed by atoms with van der Waals surface area (Å²) >= 11 is 0. The van der Waals surface area contributed by atoms with Gasteiger partial charge >= 0.3 is 0 Å². The van der Waals surface area contributed by atoms with Crippen LogP contribution in [0.5, 0.6) is 0 Å². The minimum atomic E-state index is -3.08. The Labute approximate surface area is 103 Å². The molecule has 1 fully saturated rings. The third-order valence-corrected chi connectivity index (χ3v) is 5.07. The molecule has 4 heteroatoms. The van der Waals surface area contributed by atoms with Crippen LogP contribution in [0.15, 0.2) is 29.2 Å². The van der Waals surface area contributed by atoms with Crippen LogP contribution in [0.4, 0.5) is 5.69 Å². The highest BCUT2D eigenvalue weighted by Gasteiger charge is 2.36. The molecule has 0 atom stereocenters. The van der Waals surface area contributed by atoms with Gasteiger partial charge in [0.05, 0.1) is 10.6 Å². The lowest BCUT2D eigenvalue weighted by Gasteiger charge is -2.13. The number of sulfone groups is 1. The molecule has 2 rings (SSSR count). The summed E-state index contributed by atoms with van der Waals surface area (Å²) in [5.41, 5.74) is 1.23. The average Bonchev–Trinajstić information content (AvgIpc) is 2.97. The molecule has 0 saturated heterocycles. The first-order valence-corrected chi connectivity index (χ1v) is 7.71. The molecule has 3 nitrogen and oxygen atoms in total. The Hall–Kier alpha value is -1.03. The Morgan fingerprint density at radius 1 is 1.24 bits per heavy atom. The maximum Gasteiger partial charge on any atom is 0.178 e. The fourth-order valence-corrected chi connectivity index (χ4v) is 3.12. The molecule has 1 aliphatic carbocycles. The van der Waals surface area contributed by atoms with Gasteiger partial charge in [-0.3, -0.25) is 0 Å². The van der Waals surface area contributed by atoms with E-state index in [1.54, 1.807) is 12.1 Å². The van der Waals surface area contributed by atoms with Crippen molar-refractivity contribution in [3.63, 3.8) is 0 Å². The molecule has 1 saturated carbocycles. The first-order chi connectivity index (χ1) is 7.95. The highest BCUT2D eigenvalue weighted by Crippen LogP contribution is 2.38. The number of anilines is 1. The Morgan fingerprint density at radius 2 is 1.82 bits per heavy atom. The van der Waals surface area contributed by atoms with Crippen LogP contribution in [-0.4, -0.2) is 19.7 Å². The van der Waals surface area contributed by atoms with Crippen LogP contribution in [0.1, 0.15) is 33.1 Å². The van der Waals surface area contributed by atoms with Crippen molar-refractivity contribution >= 4 is 15.5 Å². The van der Waals surface area contributed by atoms with E-state index in [4.69, 9.17) is 0 Å². The molecule has 0 heterocycles. The normalized spacial score (nSPS) is 17.8. The maximum absolute atomic E-state index is 11.8. The van der Waals surface area contributed by atoms with Gasteiger partial charge in [0.25, 0.3) is 0 Å². The quantitative estimate of drug-likeness (QED) is 0.877. The summed E-state index contributed by atoms with van der Waals surface area (Å²) < 4.78 is 23.6. The fourth-order valence-electron chi connectivity index (χ4n) is 1.79. The highest BCUT2D eigenvalue weighted by molar-refractivity contribution is 7.91. The first-order valence-electron chi connectivity index (χ1n) is 6.06. The Kier molecular flexibility index (Phi) is 3.17. The van der Waals surface area contributed by atoms with Gasteiger partial charge in [-0.1, -0.05) is 6.92 Å². The molecule has 0 amide bonds. The van der Waals surface area contributed by atoms with E-state index in [9.17, 15) is 8.42 Å². The number of nitrogens with one attached hydrogen (secondary N) is 1. The van der Waals surface area contributed by atoms with Gasteiger partial charge in [0.15, 0.2) is 9.84 Å². The average molecular weight is 253 g/mol. The van der Waals surface area contributed by atoms with E-state index in [1.165, 1.54) is 12.8 Å². The SMILES string of the molecule is CCCS(=O)(=O)c1ccc(NC2(C)CC2)cc1. The van der Waals surface area contributed by atoms with E-state index in [0.717, 1.165) is 5.69 Å². The molecule has 17 heavy (non-hydrogen) atoms. The summed E-state index contributed by atoms with van der Waals surface area (Å²) in [6, 6.07) is 7.09. The van der Waals surface area contributed by atoms with E-state index in [-0.39, 0.29) is 11.3 Å². The van der Waals surface area contributed by atoms with E-state index in [1.807, 2.05) is 19.1 Å². The largest absolute Gasteiger partial charge is 0.380 e. The van der Waals surface area contributed by atoms with Gasteiger partial charge in [0, 0.05) is 11.2 Å². The molecule has 0 spiro atoms. The molecule has 0 aliphatic heterocycles. The van der Waals surface area contributed by atoms with Crippen LogP contribution in [0, 0.1) is 0 Å². The van der Waals surface area contributed by atoms with Gasteiger partial charge in [0.2, 0.25) is 0 Å².